The van der Waals surface area contributed by atoms with Crippen LogP contribution in [0.2, 0.25) is 0 Å². The summed E-state index contributed by atoms with van der Waals surface area (Å²) in [6.45, 7) is 0. The summed E-state index contributed by atoms with van der Waals surface area (Å²) in [6.07, 6.45) is 0.612. The molecule has 2 N–H and O–H groups in total. The standard InChI is InChI=1S/C25H20ClN3O6S/c26-23-21(36-20-4-2-1-3-19(20)29(34)35)12-17-22(23)16-11-14(25(30)31)7-10-18(16)27-24(17)13-5-8-15(9-6-13)28(32)33/h1-11,17,21-24,27H,12H2,(H,30,31)/t17-,21-,22+,23-,24+/m1/s1. The van der Waals surface area contributed by atoms with Gasteiger partial charge >= 0.3 is 5.97 Å². The maximum Gasteiger partial charge on any atom is 0.335 e. The van der Waals surface area contributed by atoms with Crippen LogP contribution in [-0.4, -0.2) is 31.5 Å². The van der Waals surface area contributed by atoms with E-state index in [4.69, 9.17) is 11.6 Å². The third kappa shape index (κ3) is 4.27. The van der Waals surface area contributed by atoms with Crippen LogP contribution >= 0.6 is 23.4 Å². The molecule has 0 radical (unpaired) electrons. The van der Waals surface area contributed by atoms with Crippen molar-refractivity contribution in [1.29, 1.82) is 0 Å². The van der Waals surface area contributed by atoms with Gasteiger partial charge in [-0.25, -0.2) is 4.79 Å². The van der Waals surface area contributed by atoms with E-state index in [9.17, 15) is 30.1 Å². The lowest BCUT2D eigenvalue weighted by Crippen LogP contribution is -2.31. The summed E-state index contributed by atoms with van der Waals surface area (Å²) < 4.78 is 0. The van der Waals surface area contributed by atoms with Gasteiger partial charge in [0.05, 0.1) is 31.7 Å². The summed E-state index contributed by atoms with van der Waals surface area (Å²) >= 11 is 8.42. The number of carboxylic acid groups (broad SMARTS) is 1. The molecule has 3 aromatic carbocycles. The molecule has 5 rings (SSSR count). The van der Waals surface area contributed by atoms with Gasteiger partial charge in [0.1, 0.15) is 0 Å². The van der Waals surface area contributed by atoms with Gasteiger partial charge in [0.2, 0.25) is 0 Å². The number of aromatic carboxylic acids is 1. The number of benzene rings is 3. The third-order valence-electron chi connectivity index (χ3n) is 6.86. The van der Waals surface area contributed by atoms with Crippen LogP contribution in [0.15, 0.2) is 71.6 Å². The number of nitrogens with one attached hydrogen (secondary N) is 1. The van der Waals surface area contributed by atoms with E-state index in [1.54, 1.807) is 42.5 Å². The van der Waals surface area contributed by atoms with Crippen LogP contribution < -0.4 is 5.32 Å². The molecular weight excluding hydrogens is 506 g/mol. The smallest absolute Gasteiger partial charge is 0.335 e. The van der Waals surface area contributed by atoms with Crippen LogP contribution in [-0.2, 0) is 0 Å². The Labute approximate surface area is 214 Å². The number of fused-ring (bicyclic) bond motifs is 3. The van der Waals surface area contributed by atoms with Gasteiger partial charge in [0.25, 0.3) is 11.4 Å². The fourth-order valence-electron chi connectivity index (χ4n) is 5.25. The maximum absolute atomic E-state index is 11.7. The number of carboxylic acids is 1. The Morgan fingerprint density at radius 2 is 1.75 bits per heavy atom. The molecule has 0 bridgehead atoms. The molecule has 11 heteroatoms. The molecule has 1 fully saturated rings. The number of hydrogen-bond donors (Lipinski definition) is 2. The van der Waals surface area contributed by atoms with Gasteiger partial charge in [-0.2, -0.15) is 0 Å². The monoisotopic (exact) mass is 525 g/mol. The van der Waals surface area contributed by atoms with E-state index in [0.717, 1.165) is 16.8 Å². The highest BCUT2D eigenvalue weighted by Gasteiger charge is 2.50. The lowest BCUT2D eigenvalue weighted by molar-refractivity contribution is -0.387. The minimum Gasteiger partial charge on any atom is -0.478 e. The Kier molecular flexibility index (Phi) is 6.31. The molecule has 0 unspecified atom stereocenters. The van der Waals surface area contributed by atoms with Crippen molar-refractivity contribution in [1.82, 2.24) is 0 Å². The predicted octanol–water partition coefficient (Wildman–Crippen LogP) is 6.24. The second-order valence-corrected chi connectivity index (χ2v) is 10.6. The first-order valence-electron chi connectivity index (χ1n) is 11.2. The minimum absolute atomic E-state index is 0.0101. The highest BCUT2D eigenvalue weighted by atomic mass is 35.5. The number of halogens is 1. The first-order valence-corrected chi connectivity index (χ1v) is 12.5. The Bertz CT molecular complexity index is 1370. The predicted molar refractivity (Wildman–Crippen MR) is 136 cm³/mol. The molecule has 9 nitrogen and oxygen atoms in total. The number of thioether (sulfide) groups is 1. The van der Waals surface area contributed by atoms with Crippen molar-refractivity contribution in [3.63, 3.8) is 0 Å². The van der Waals surface area contributed by atoms with Crippen molar-refractivity contribution in [3.05, 3.63) is 104 Å². The van der Waals surface area contributed by atoms with Crippen molar-refractivity contribution in [2.24, 2.45) is 5.92 Å². The van der Waals surface area contributed by atoms with Crippen molar-refractivity contribution < 1.29 is 19.7 Å². The van der Waals surface area contributed by atoms with Crippen LogP contribution in [0.5, 0.6) is 0 Å². The Morgan fingerprint density at radius 1 is 1.03 bits per heavy atom. The number of rotatable bonds is 6. The van der Waals surface area contributed by atoms with Crippen molar-refractivity contribution in [2.45, 2.75) is 33.9 Å². The number of para-hydroxylation sites is 1. The molecule has 5 atom stereocenters. The average molecular weight is 526 g/mol. The van der Waals surface area contributed by atoms with Crippen molar-refractivity contribution >= 4 is 46.4 Å². The number of nitrogens with zero attached hydrogens (tertiary/aromatic N) is 2. The van der Waals surface area contributed by atoms with E-state index in [1.165, 1.54) is 36.0 Å². The van der Waals surface area contributed by atoms with Crippen LogP contribution in [0.25, 0.3) is 0 Å². The maximum atomic E-state index is 11.7. The fraction of sp³-hybridized carbons (Fsp3) is 0.240. The van der Waals surface area contributed by atoms with E-state index in [1.807, 2.05) is 0 Å². The second kappa shape index (κ2) is 9.44. The van der Waals surface area contributed by atoms with Gasteiger partial charge < -0.3 is 10.4 Å². The van der Waals surface area contributed by atoms with Gasteiger partial charge in [0.15, 0.2) is 0 Å². The van der Waals surface area contributed by atoms with Crippen molar-refractivity contribution in [2.75, 3.05) is 5.32 Å². The quantitative estimate of drug-likeness (QED) is 0.219. The zero-order valence-electron chi connectivity index (χ0n) is 18.6. The number of carbonyl (C=O) groups is 1. The molecule has 184 valence electrons. The molecule has 3 aromatic rings. The summed E-state index contributed by atoms with van der Waals surface area (Å²) in [5.74, 6) is -1.32. The van der Waals surface area contributed by atoms with Gasteiger partial charge in [-0.3, -0.25) is 20.2 Å². The summed E-state index contributed by atoms with van der Waals surface area (Å²) in [5, 5.41) is 35.1. The first kappa shape index (κ1) is 24.1. The number of anilines is 1. The molecule has 36 heavy (non-hydrogen) atoms. The molecule has 1 aliphatic carbocycles. The fourth-order valence-corrected chi connectivity index (χ4v) is 7.20. The Balaban J connectivity index is 1.55. The molecule has 0 spiro atoms. The van der Waals surface area contributed by atoms with Crippen LogP contribution in [0, 0.1) is 26.1 Å². The Hall–Kier alpha value is -3.63. The molecule has 0 saturated heterocycles. The zero-order valence-corrected chi connectivity index (χ0v) is 20.2. The van der Waals surface area contributed by atoms with Gasteiger partial charge in [-0.05, 0) is 47.7 Å². The molecular formula is C25H20ClN3O6S. The zero-order chi connectivity index (χ0) is 25.6. The van der Waals surface area contributed by atoms with Gasteiger partial charge in [-0.1, -0.05) is 24.3 Å². The molecule has 1 saturated carbocycles. The molecule has 1 heterocycles. The molecule has 0 aromatic heterocycles. The highest BCUT2D eigenvalue weighted by Crippen LogP contribution is 2.58. The van der Waals surface area contributed by atoms with E-state index in [0.29, 0.717) is 11.3 Å². The van der Waals surface area contributed by atoms with Gasteiger partial charge in [0, 0.05) is 35.1 Å². The van der Waals surface area contributed by atoms with Gasteiger partial charge in [-0.15, -0.1) is 23.4 Å². The van der Waals surface area contributed by atoms with E-state index in [2.05, 4.69) is 5.32 Å². The van der Waals surface area contributed by atoms with E-state index in [-0.39, 0.29) is 40.1 Å². The summed E-state index contributed by atoms with van der Waals surface area (Å²) in [4.78, 5) is 34.0. The number of alkyl halides is 1. The largest absolute Gasteiger partial charge is 0.478 e. The second-order valence-electron chi connectivity index (χ2n) is 8.83. The van der Waals surface area contributed by atoms with Crippen molar-refractivity contribution in [3.8, 4) is 0 Å². The first-order chi connectivity index (χ1) is 17.2. The SMILES string of the molecule is O=C(O)c1ccc2c(c1)[C@@H]1[C@H](Cl)[C@H](Sc3ccccc3[N+](=O)[O-])C[C@H]1[C@H](c1ccc([N+](=O)[O-])cc1)N2. The number of nitro benzene ring substituents is 2. The summed E-state index contributed by atoms with van der Waals surface area (Å²) in [6, 6.07) is 17.6. The summed E-state index contributed by atoms with van der Waals surface area (Å²) in [7, 11) is 0. The van der Waals surface area contributed by atoms with Crippen LogP contribution in [0.3, 0.4) is 0 Å². The Morgan fingerprint density at radius 3 is 2.42 bits per heavy atom. The normalized spacial score (nSPS) is 24.3. The molecule has 2 aliphatic rings. The van der Waals surface area contributed by atoms with E-state index < -0.39 is 21.2 Å². The number of non-ortho nitro benzene ring substituents is 1. The number of nitro groups is 2. The lowest BCUT2D eigenvalue weighted by Gasteiger charge is -2.38. The minimum atomic E-state index is -1.04. The highest BCUT2D eigenvalue weighted by molar-refractivity contribution is 8.00. The average Bonchev–Trinajstić information content (AvgIpc) is 3.19. The van der Waals surface area contributed by atoms with Crippen LogP contribution in [0.1, 0.15) is 39.9 Å². The molecule has 0 amide bonds. The number of hydrogen-bond acceptors (Lipinski definition) is 7. The lowest BCUT2D eigenvalue weighted by atomic mass is 9.77. The topological polar surface area (TPSA) is 136 Å². The molecule has 1 aliphatic heterocycles. The third-order valence-corrected chi connectivity index (χ3v) is 8.98. The summed E-state index contributed by atoms with van der Waals surface area (Å²) in [5.41, 5.74) is 2.56. The van der Waals surface area contributed by atoms with E-state index >= 15 is 0 Å². The van der Waals surface area contributed by atoms with Crippen LogP contribution in [0.4, 0.5) is 17.1 Å².